The van der Waals surface area contributed by atoms with E-state index in [4.69, 9.17) is 5.11 Å². The number of fused-ring (bicyclic) bond motifs is 1. The monoisotopic (exact) mass is 190 g/mol. The molecule has 0 bridgehead atoms. The number of carbonyl (C=O) groups is 1. The molecule has 2 heteroatoms. The Labute approximate surface area is 83.6 Å². The van der Waals surface area contributed by atoms with Crippen LogP contribution < -0.4 is 0 Å². The molecule has 0 unspecified atom stereocenters. The molecule has 0 aromatic heterocycles. The normalized spacial score (nSPS) is 32.0. The van der Waals surface area contributed by atoms with E-state index in [1.165, 1.54) is 11.6 Å². The summed E-state index contributed by atoms with van der Waals surface area (Å²) in [5, 5.41) is 8.62. The zero-order chi connectivity index (χ0) is 10.1. The molecule has 2 aliphatic rings. The summed E-state index contributed by atoms with van der Waals surface area (Å²) >= 11 is 0. The molecule has 0 amide bonds. The van der Waals surface area contributed by atoms with E-state index in [1.807, 2.05) is 6.08 Å². The van der Waals surface area contributed by atoms with Gasteiger partial charge in [-0.05, 0) is 25.2 Å². The molecule has 1 fully saturated rings. The fraction of sp³-hybridized carbons (Fsp3) is 0.417. The van der Waals surface area contributed by atoms with Crippen molar-refractivity contribution in [3.05, 3.63) is 36.0 Å². The van der Waals surface area contributed by atoms with Gasteiger partial charge in [0.25, 0.3) is 0 Å². The molecule has 2 nitrogen and oxygen atoms in total. The van der Waals surface area contributed by atoms with Crippen LogP contribution in [-0.2, 0) is 4.79 Å². The Morgan fingerprint density at radius 2 is 2.43 bits per heavy atom. The second-order valence-corrected chi connectivity index (χ2v) is 4.07. The number of rotatable bonds is 3. The second kappa shape index (κ2) is 3.45. The summed E-state index contributed by atoms with van der Waals surface area (Å²) in [5.41, 5.74) is 2.50. The topological polar surface area (TPSA) is 37.3 Å². The molecule has 14 heavy (non-hydrogen) atoms. The first-order valence-corrected chi connectivity index (χ1v) is 4.94. The van der Waals surface area contributed by atoms with Gasteiger partial charge in [-0.15, -0.1) is 6.58 Å². The van der Waals surface area contributed by atoms with E-state index in [-0.39, 0.29) is 0 Å². The van der Waals surface area contributed by atoms with Crippen LogP contribution in [0.25, 0.3) is 0 Å². The Bertz CT molecular complexity index is 336. The summed E-state index contributed by atoms with van der Waals surface area (Å²) in [6.45, 7) is 3.71. The van der Waals surface area contributed by atoms with Gasteiger partial charge in [-0.2, -0.15) is 0 Å². The highest BCUT2D eigenvalue weighted by Gasteiger charge is 2.38. The fourth-order valence-corrected chi connectivity index (χ4v) is 2.46. The first-order valence-electron chi connectivity index (χ1n) is 4.94. The third-order valence-corrected chi connectivity index (χ3v) is 3.09. The molecule has 1 saturated carbocycles. The van der Waals surface area contributed by atoms with Crippen LogP contribution in [0.15, 0.2) is 36.0 Å². The molecule has 0 aromatic carbocycles. The van der Waals surface area contributed by atoms with Crippen LogP contribution in [-0.4, -0.2) is 11.1 Å². The lowest BCUT2D eigenvalue weighted by atomic mass is 9.71. The van der Waals surface area contributed by atoms with Gasteiger partial charge in [-0.25, -0.2) is 4.79 Å². The predicted octanol–water partition coefficient (Wildman–Crippen LogP) is 2.54. The highest BCUT2D eigenvalue weighted by atomic mass is 16.4. The van der Waals surface area contributed by atoms with E-state index in [2.05, 4.69) is 12.7 Å². The summed E-state index contributed by atoms with van der Waals surface area (Å²) < 4.78 is 0. The minimum absolute atomic E-state index is 0.418. The third-order valence-electron chi connectivity index (χ3n) is 3.09. The first kappa shape index (κ1) is 9.25. The van der Waals surface area contributed by atoms with Crippen molar-refractivity contribution < 1.29 is 9.90 Å². The quantitative estimate of drug-likeness (QED) is 0.548. The largest absolute Gasteiger partial charge is 0.478 e. The standard InChI is InChI=1S/C12H14O2/c1-2-3-8-4-9-6-10(7-12(13)14)11(9)5-8/h2,5,7,9,11H,1,3-4,6H2,(H,13,14)/t9-,11-/m0/s1. The molecule has 0 heterocycles. The highest BCUT2D eigenvalue weighted by molar-refractivity contribution is 5.81. The third kappa shape index (κ3) is 1.52. The van der Waals surface area contributed by atoms with Crippen LogP contribution in [0, 0.1) is 11.8 Å². The van der Waals surface area contributed by atoms with Crippen molar-refractivity contribution in [2.24, 2.45) is 11.8 Å². The maximum Gasteiger partial charge on any atom is 0.328 e. The first-order chi connectivity index (χ1) is 6.70. The average molecular weight is 190 g/mol. The number of hydrogen-bond acceptors (Lipinski definition) is 1. The van der Waals surface area contributed by atoms with Crippen molar-refractivity contribution in [3.63, 3.8) is 0 Å². The highest BCUT2D eigenvalue weighted by Crippen LogP contribution is 2.50. The Morgan fingerprint density at radius 3 is 3.07 bits per heavy atom. The zero-order valence-corrected chi connectivity index (χ0v) is 8.07. The molecule has 74 valence electrons. The summed E-state index contributed by atoms with van der Waals surface area (Å²) in [4.78, 5) is 10.5. The second-order valence-electron chi connectivity index (χ2n) is 4.07. The molecule has 2 rings (SSSR count). The van der Waals surface area contributed by atoms with Gasteiger partial charge in [0.2, 0.25) is 0 Å². The van der Waals surface area contributed by atoms with Crippen molar-refractivity contribution in [1.29, 1.82) is 0 Å². The molecule has 0 aromatic rings. The van der Waals surface area contributed by atoms with Gasteiger partial charge in [-0.1, -0.05) is 23.3 Å². The Balaban J connectivity index is 2.06. The van der Waals surface area contributed by atoms with Gasteiger partial charge in [0.15, 0.2) is 0 Å². The predicted molar refractivity (Wildman–Crippen MR) is 54.8 cm³/mol. The maximum absolute atomic E-state index is 10.5. The van der Waals surface area contributed by atoms with Crippen LogP contribution >= 0.6 is 0 Å². The number of carboxylic acids is 1. The Hall–Kier alpha value is -1.31. The van der Waals surface area contributed by atoms with E-state index in [0.717, 1.165) is 24.8 Å². The molecule has 2 atom stereocenters. The lowest BCUT2D eigenvalue weighted by Crippen LogP contribution is -2.24. The van der Waals surface area contributed by atoms with Crippen LogP contribution in [0.4, 0.5) is 0 Å². The van der Waals surface area contributed by atoms with Gasteiger partial charge in [0.05, 0.1) is 0 Å². The molecule has 0 aliphatic heterocycles. The van der Waals surface area contributed by atoms with Crippen molar-refractivity contribution >= 4 is 5.97 Å². The number of allylic oxidation sites excluding steroid dienone is 4. The zero-order valence-electron chi connectivity index (χ0n) is 8.07. The SMILES string of the molecule is C=CCC1=C[C@@H]2C(=CC(=O)O)C[C@@H]2C1. The van der Waals surface area contributed by atoms with Crippen molar-refractivity contribution in [2.45, 2.75) is 19.3 Å². The minimum atomic E-state index is -0.816. The minimum Gasteiger partial charge on any atom is -0.478 e. The van der Waals surface area contributed by atoms with E-state index in [9.17, 15) is 4.79 Å². The number of hydrogen-bond donors (Lipinski definition) is 1. The lowest BCUT2D eigenvalue weighted by Gasteiger charge is -2.33. The summed E-state index contributed by atoms with van der Waals surface area (Å²) in [6.07, 6.45) is 8.56. The summed E-state index contributed by atoms with van der Waals surface area (Å²) in [7, 11) is 0. The van der Waals surface area contributed by atoms with E-state index >= 15 is 0 Å². The van der Waals surface area contributed by atoms with E-state index < -0.39 is 5.97 Å². The van der Waals surface area contributed by atoms with Crippen LogP contribution in [0.2, 0.25) is 0 Å². The summed E-state index contributed by atoms with van der Waals surface area (Å²) in [5.74, 6) is 0.278. The van der Waals surface area contributed by atoms with Crippen LogP contribution in [0.5, 0.6) is 0 Å². The Morgan fingerprint density at radius 1 is 1.64 bits per heavy atom. The van der Waals surface area contributed by atoms with Crippen molar-refractivity contribution in [2.75, 3.05) is 0 Å². The van der Waals surface area contributed by atoms with Crippen LogP contribution in [0.1, 0.15) is 19.3 Å². The summed E-state index contributed by atoms with van der Waals surface area (Å²) in [6, 6.07) is 0. The van der Waals surface area contributed by atoms with Crippen LogP contribution in [0.3, 0.4) is 0 Å². The fourth-order valence-electron chi connectivity index (χ4n) is 2.46. The van der Waals surface area contributed by atoms with Gasteiger partial charge >= 0.3 is 5.97 Å². The molecular weight excluding hydrogens is 176 g/mol. The lowest BCUT2D eigenvalue weighted by molar-refractivity contribution is -0.131. The molecule has 0 saturated heterocycles. The van der Waals surface area contributed by atoms with E-state index in [1.54, 1.807) is 0 Å². The molecule has 2 aliphatic carbocycles. The molecule has 1 N–H and O–H groups in total. The van der Waals surface area contributed by atoms with Crippen molar-refractivity contribution in [3.8, 4) is 0 Å². The van der Waals surface area contributed by atoms with Crippen molar-refractivity contribution in [1.82, 2.24) is 0 Å². The maximum atomic E-state index is 10.5. The smallest absolute Gasteiger partial charge is 0.328 e. The molecule has 0 spiro atoms. The molecular formula is C12H14O2. The number of carboxylic acid groups (broad SMARTS) is 1. The molecule has 0 radical (unpaired) electrons. The van der Waals surface area contributed by atoms with Gasteiger partial charge in [0.1, 0.15) is 0 Å². The van der Waals surface area contributed by atoms with Gasteiger partial charge < -0.3 is 5.11 Å². The van der Waals surface area contributed by atoms with Gasteiger partial charge in [0, 0.05) is 12.0 Å². The number of aliphatic carboxylic acids is 1. The average Bonchev–Trinajstić information content (AvgIpc) is 2.41. The van der Waals surface area contributed by atoms with E-state index in [0.29, 0.717) is 11.8 Å². The Kier molecular flexibility index (Phi) is 2.28. The van der Waals surface area contributed by atoms with Gasteiger partial charge in [-0.3, -0.25) is 0 Å².